The molecule has 1 amide bonds. The zero-order chi connectivity index (χ0) is 17.4. The Morgan fingerprint density at radius 3 is 2.56 bits per heavy atom. The summed E-state index contributed by atoms with van der Waals surface area (Å²) in [6, 6.07) is 0. The van der Waals surface area contributed by atoms with Gasteiger partial charge in [0.25, 0.3) is 0 Å². The van der Waals surface area contributed by atoms with E-state index in [9.17, 15) is 4.79 Å². The standard InChI is InChI=1S/C16H31N5O3.HI/c1-14(22)20-8-6-19(7-9-20)5-4-18-16(17-2)21-10-11-24-15(12-21)13-23-3;/h15H,4-13H2,1-3H3,(H,17,18);1H. The van der Waals surface area contributed by atoms with Gasteiger partial charge in [-0.3, -0.25) is 14.7 Å². The summed E-state index contributed by atoms with van der Waals surface area (Å²) in [6.45, 7) is 9.91. The van der Waals surface area contributed by atoms with Gasteiger partial charge in [0.2, 0.25) is 5.91 Å². The molecule has 9 heteroatoms. The summed E-state index contributed by atoms with van der Waals surface area (Å²) in [5.41, 5.74) is 0. The molecule has 2 heterocycles. The van der Waals surface area contributed by atoms with Gasteiger partial charge in [-0.05, 0) is 0 Å². The molecule has 0 radical (unpaired) electrons. The number of piperazine rings is 1. The van der Waals surface area contributed by atoms with Crippen LogP contribution in [0.15, 0.2) is 4.99 Å². The number of carbonyl (C=O) groups is 1. The van der Waals surface area contributed by atoms with Crippen LogP contribution in [-0.4, -0.2) is 112 Å². The number of hydrogen-bond donors (Lipinski definition) is 1. The molecule has 2 rings (SSSR count). The molecule has 0 saturated carbocycles. The maximum Gasteiger partial charge on any atom is 0.219 e. The minimum atomic E-state index is 0. The zero-order valence-corrected chi connectivity index (χ0v) is 17.9. The van der Waals surface area contributed by atoms with E-state index in [1.54, 1.807) is 14.0 Å². The van der Waals surface area contributed by atoms with Gasteiger partial charge in [-0.25, -0.2) is 0 Å². The highest BCUT2D eigenvalue weighted by Crippen LogP contribution is 2.06. The summed E-state index contributed by atoms with van der Waals surface area (Å²) >= 11 is 0. The molecule has 0 aliphatic carbocycles. The fourth-order valence-corrected chi connectivity index (χ4v) is 3.14. The molecule has 2 saturated heterocycles. The Labute approximate surface area is 167 Å². The number of amides is 1. The molecule has 1 unspecified atom stereocenters. The van der Waals surface area contributed by atoms with Crippen LogP contribution in [0.4, 0.5) is 0 Å². The van der Waals surface area contributed by atoms with Crippen molar-refractivity contribution in [1.82, 2.24) is 20.0 Å². The Morgan fingerprint density at radius 1 is 1.24 bits per heavy atom. The molecule has 0 aromatic heterocycles. The Bertz CT molecular complexity index is 428. The lowest BCUT2D eigenvalue weighted by molar-refractivity contribution is -0.130. The number of rotatable bonds is 5. The number of guanidine groups is 1. The predicted molar refractivity (Wildman–Crippen MR) is 109 cm³/mol. The molecule has 25 heavy (non-hydrogen) atoms. The molecule has 0 aromatic rings. The largest absolute Gasteiger partial charge is 0.382 e. The first-order valence-corrected chi connectivity index (χ1v) is 8.68. The SMILES string of the molecule is CN=C(NCCN1CCN(C(C)=O)CC1)N1CCOC(COC)C1.I. The number of halogens is 1. The van der Waals surface area contributed by atoms with Crippen LogP contribution in [0.2, 0.25) is 0 Å². The lowest BCUT2D eigenvalue weighted by atomic mass is 10.3. The molecular formula is C16H32IN5O3. The fourth-order valence-electron chi connectivity index (χ4n) is 3.14. The molecule has 2 aliphatic rings. The number of methoxy groups -OCH3 is 1. The van der Waals surface area contributed by atoms with Crippen molar-refractivity contribution in [2.24, 2.45) is 4.99 Å². The summed E-state index contributed by atoms with van der Waals surface area (Å²) in [5.74, 6) is 1.09. The normalized spacial score (nSPS) is 22.5. The van der Waals surface area contributed by atoms with Gasteiger partial charge >= 0.3 is 0 Å². The van der Waals surface area contributed by atoms with Crippen molar-refractivity contribution in [2.45, 2.75) is 13.0 Å². The number of morpholine rings is 1. The lowest BCUT2D eigenvalue weighted by Crippen LogP contribution is -2.53. The van der Waals surface area contributed by atoms with Crippen molar-refractivity contribution in [1.29, 1.82) is 0 Å². The van der Waals surface area contributed by atoms with Crippen molar-refractivity contribution in [3.05, 3.63) is 0 Å². The summed E-state index contributed by atoms with van der Waals surface area (Å²) in [5, 5.41) is 3.44. The van der Waals surface area contributed by atoms with Gasteiger partial charge in [-0.1, -0.05) is 0 Å². The first kappa shape index (κ1) is 22.4. The maximum absolute atomic E-state index is 11.4. The van der Waals surface area contributed by atoms with Crippen LogP contribution in [0.3, 0.4) is 0 Å². The Kier molecular flexibility index (Phi) is 10.6. The van der Waals surface area contributed by atoms with E-state index in [-0.39, 0.29) is 36.0 Å². The van der Waals surface area contributed by atoms with Crippen LogP contribution >= 0.6 is 24.0 Å². The predicted octanol–water partition coefficient (Wildman–Crippen LogP) is -0.309. The number of nitrogens with zero attached hydrogens (tertiary/aromatic N) is 4. The van der Waals surface area contributed by atoms with E-state index >= 15 is 0 Å². The number of aliphatic imine (C=N–C) groups is 1. The molecule has 0 bridgehead atoms. The molecule has 2 aliphatic heterocycles. The highest BCUT2D eigenvalue weighted by molar-refractivity contribution is 14.0. The number of hydrogen-bond acceptors (Lipinski definition) is 5. The van der Waals surface area contributed by atoms with E-state index in [0.29, 0.717) is 13.2 Å². The van der Waals surface area contributed by atoms with E-state index in [4.69, 9.17) is 9.47 Å². The highest BCUT2D eigenvalue weighted by Gasteiger charge is 2.23. The van der Waals surface area contributed by atoms with Crippen LogP contribution in [-0.2, 0) is 14.3 Å². The first-order chi connectivity index (χ1) is 11.6. The smallest absolute Gasteiger partial charge is 0.219 e. The average molecular weight is 469 g/mol. The van der Waals surface area contributed by atoms with Crippen LogP contribution in [0.1, 0.15) is 6.92 Å². The zero-order valence-electron chi connectivity index (χ0n) is 15.6. The van der Waals surface area contributed by atoms with E-state index in [2.05, 4.69) is 20.1 Å². The summed E-state index contributed by atoms with van der Waals surface area (Å²) in [6.07, 6.45) is 0.0990. The third-order valence-electron chi connectivity index (χ3n) is 4.53. The van der Waals surface area contributed by atoms with Gasteiger partial charge in [0.05, 0.1) is 19.3 Å². The second kappa shape index (κ2) is 11.9. The molecule has 1 atom stereocenters. The number of nitrogens with one attached hydrogen (secondary N) is 1. The van der Waals surface area contributed by atoms with E-state index in [1.165, 1.54) is 0 Å². The summed E-state index contributed by atoms with van der Waals surface area (Å²) in [4.78, 5) is 22.3. The second-order valence-electron chi connectivity index (χ2n) is 6.22. The van der Waals surface area contributed by atoms with Gasteiger partial charge in [0, 0.05) is 73.4 Å². The molecule has 8 nitrogen and oxygen atoms in total. The quantitative estimate of drug-likeness (QED) is 0.339. The Hall–Kier alpha value is -0.650. The Morgan fingerprint density at radius 2 is 1.96 bits per heavy atom. The van der Waals surface area contributed by atoms with Crippen LogP contribution in [0.25, 0.3) is 0 Å². The molecule has 146 valence electrons. The lowest BCUT2D eigenvalue weighted by Gasteiger charge is -2.36. The van der Waals surface area contributed by atoms with Crippen molar-refractivity contribution in [3.63, 3.8) is 0 Å². The third kappa shape index (κ3) is 7.24. The number of ether oxygens (including phenoxy) is 2. The van der Waals surface area contributed by atoms with E-state index < -0.39 is 0 Å². The number of carbonyl (C=O) groups excluding carboxylic acids is 1. The monoisotopic (exact) mass is 469 g/mol. The van der Waals surface area contributed by atoms with Crippen molar-refractivity contribution in [2.75, 3.05) is 79.7 Å². The van der Waals surface area contributed by atoms with Crippen molar-refractivity contribution in [3.8, 4) is 0 Å². The van der Waals surface area contributed by atoms with Crippen LogP contribution in [0, 0.1) is 0 Å². The molecule has 2 fully saturated rings. The highest BCUT2D eigenvalue weighted by atomic mass is 127. The van der Waals surface area contributed by atoms with E-state index in [0.717, 1.165) is 58.3 Å². The molecular weight excluding hydrogens is 437 g/mol. The molecule has 0 spiro atoms. The summed E-state index contributed by atoms with van der Waals surface area (Å²) in [7, 11) is 3.51. The van der Waals surface area contributed by atoms with Gasteiger partial charge < -0.3 is 24.6 Å². The van der Waals surface area contributed by atoms with Gasteiger partial charge in [-0.2, -0.15) is 0 Å². The third-order valence-corrected chi connectivity index (χ3v) is 4.53. The van der Waals surface area contributed by atoms with E-state index in [1.807, 2.05) is 11.9 Å². The Balaban J connectivity index is 0.00000312. The summed E-state index contributed by atoms with van der Waals surface area (Å²) < 4.78 is 10.9. The topological polar surface area (TPSA) is 69.6 Å². The fraction of sp³-hybridized carbons (Fsp3) is 0.875. The van der Waals surface area contributed by atoms with Gasteiger partial charge in [-0.15, -0.1) is 24.0 Å². The minimum Gasteiger partial charge on any atom is -0.382 e. The second-order valence-corrected chi connectivity index (χ2v) is 6.22. The molecule has 1 N–H and O–H groups in total. The van der Waals surface area contributed by atoms with Crippen molar-refractivity contribution >= 4 is 35.8 Å². The van der Waals surface area contributed by atoms with Crippen LogP contribution < -0.4 is 5.32 Å². The van der Waals surface area contributed by atoms with Gasteiger partial charge in [0.15, 0.2) is 5.96 Å². The molecule has 0 aromatic carbocycles. The first-order valence-electron chi connectivity index (χ1n) is 8.68. The van der Waals surface area contributed by atoms with Crippen molar-refractivity contribution < 1.29 is 14.3 Å². The van der Waals surface area contributed by atoms with Crippen LogP contribution in [0.5, 0.6) is 0 Å². The average Bonchev–Trinajstić information content (AvgIpc) is 2.60. The minimum absolute atomic E-state index is 0. The maximum atomic E-state index is 11.4. The van der Waals surface area contributed by atoms with Gasteiger partial charge in [0.1, 0.15) is 0 Å².